The summed E-state index contributed by atoms with van der Waals surface area (Å²) < 4.78 is 37.5. The van der Waals surface area contributed by atoms with Gasteiger partial charge >= 0.3 is 6.18 Å². The number of alkyl halides is 3. The Morgan fingerprint density at radius 2 is 2.05 bits per heavy atom. The number of hydrogen-bond acceptors (Lipinski definition) is 3. The van der Waals surface area contributed by atoms with Crippen LogP contribution in [0.1, 0.15) is 12.5 Å². The van der Waals surface area contributed by atoms with Crippen LogP contribution in [-0.4, -0.2) is 24.6 Å². The topological polar surface area (TPSA) is 61.4 Å². The second-order valence-electron chi connectivity index (χ2n) is 4.18. The van der Waals surface area contributed by atoms with E-state index in [-0.39, 0.29) is 5.69 Å². The van der Waals surface area contributed by atoms with E-state index in [2.05, 4.69) is 10.6 Å². The highest BCUT2D eigenvalue weighted by molar-refractivity contribution is 5.93. The molecule has 0 saturated heterocycles. The molecule has 0 aliphatic heterocycles. The third kappa shape index (κ3) is 4.13. The Balaban J connectivity index is 2.92. The van der Waals surface area contributed by atoms with Gasteiger partial charge in [-0.15, -0.1) is 0 Å². The summed E-state index contributed by atoms with van der Waals surface area (Å²) >= 11 is 0. The van der Waals surface area contributed by atoms with E-state index >= 15 is 0 Å². The van der Waals surface area contributed by atoms with Crippen LogP contribution in [-0.2, 0) is 11.0 Å². The Morgan fingerprint density at radius 1 is 1.42 bits per heavy atom. The van der Waals surface area contributed by atoms with E-state index in [0.717, 1.165) is 12.1 Å². The average Bonchev–Trinajstić information content (AvgIpc) is 2.30. The van der Waals surface area contributed by atoms with E-state index in [4.69, 9.17) is 0 Å². The van der Waals surface area contributed by atoms with E-state index in [0.29, 0.717) is 12.6 Å². The number of halogens is 3. The van der Waals surface area contributed by atoms with Gasteiger partial charge in [-0.3, -0.25) is 4.79 Å². The third-order valence-electron chi connectivity index (χ3n) is 2.54. The Labute approximate surface area is 108 Å². The number of nitrogens with one attached hydrogen (secondary N) is 2. The van der Waals surface area contributed by atoms with Crippen molar-refractivity contribution in [2.45, 2.75) is 13.1 Å². The van der Waals surface area contributed by atoms with Crippen molar-refractivity contribution in [2.24, 2.45) is 5.92 Å². The summed E-state index contributed by atoms with van der Waals surface area (Å²) in [6.45, 7) is 2.00. The van der Waals surface area contributed by atoms with E-state index in [1.54, 1.807) is 14.0 Å². The molecule has 0 bridgehead atoms. The van der Waals surface area contributed by atoms with Crippen molar-refractivity contribution in [1.29, 1.82) is 0 Å². The van der Waals surface area contributed by atoms with Crippen molar-refractivity contribution in [1.82, 2.24) is 5.32 Å². The molecule has 0 fully saturated rings. The molecule has 0 radical (unpaired) electrons. The number of phenolic OH excluding ortho intramolecular Hbond substituents is 1. The molecule has 3 N–H and O–H groups in total. The van der Waals surface area contributed by atoms with E-state index in [1.807, 2.05) is 0 Å². The van der Waals surface area contributed by atoms with Crippen LogP contribution in [0, 0.1) is 5.92 Å². The summed E-state index contributed by atoms with van der Waals surface area (Å²) in [6, 6.07) is 2.36. The minimum Gasteiger partial charge on any atom is -0.506 e. The number of rotatable bonds is 4. The monoisotopic (exact) mass is 276 g/mol. The summed E-state index contributed by atoms with van der Waals surface area (Å²) in [5.41, 5.74) is -1.18. The Hall–Kier alpha value is -1.76. The predicted octanol–water partition coefficient (Wildman–Crippen LogP) is 2.21. The predicted molar refractivity (Wildman–Crippen MR) is 64.8 cm³/mol. The minimum atomic E-state index is -4.52. The van der Waals surface area contributed by atoms with Gasteiger partial charge in [-0.05, 0) is 25.2 Å². The highest BCUT2D eigenvalue weighted by Crippen LogP contribution is 2.34. The van der Waals surface area contributed by atoms with Crippen LogP contribution < -0.4 is 10.6 Å². The number of carbonyl (C=O) groups is 1. The second kappa shape index (κ2) is 5.92. The summed E-state index contributed by atoms with van der Waals surface area (Å²) in [5, 5.41) is 14.5. The van der Waals surface area contributed by atoms with Crippen LogP contribution in [0.3, 0.4) is 0 Å². The molecular formula is C12H15F3N2O2. The lowest BCUT2D eigenvalue weighted by atomic mass is 10.1. The number of benzene rings is 1. The number of amides is 1. The number of hydrogen-bond donors (Lipinski definition) is 3. The Bertz CT molecular complexity index is 461. The number of carbonyl (C=O) groups excluding carboxylic acids is 1. The fourth-order valence-electron chi connectivity index (χ4n) is 1.47. The van der Waals surface area contributed by atoms with Crippen LogP contribution in [0.15, 0.2) is 18.2 Å². The van der Waals surface area contributed by atoms with E-state index in [1.165, 1.54) is 0 Å². The van der Waals surface area contributed by atoms with Crippen LogP contribution in [0.2, 0.25) is 0 Å². The molecule has 1 aromatic rings. The summed E-state index contributed by atoms with van der Waals surface area (Å²) in [5.74, 6) is -1.30. The highest BCUT2D eigenvalue weighted by atomic mass is 19.4. The lowest BCUT2D eigenvalue weighted by molar-refractivity contribution is -0.137. The normalized spacial score (nSPS) is 13.1. The Morgan fingerprint density at radius 3 is 2.58 bits per heavy atom. The summed E-state index contributed by atoms with van der Waals surface area (Å²) in [6.07, 6.45) is -4.52. The standard InChI is InChI=1S/C12H15F3N2O2/c1-7(6-16-2)11(19)17-9-5-8(12(13,14)15)3-4-10(9)18/h3-5,7,16,18H,6H2,1-2H3,(H,17,19). The number of aromatic hydroxyl groups is 1. The SMILES string of the molecule is CNCC(C)C(=O)Nc1cc(C(F)(F)F)ccc1O. The molecule has 0 saturated carbocycles. The average molecular weight is 276 g/mol. The zero-order valence-electron chi connectivity index (χ0n) is 10.5. The van der Waals surface area contributed by atoms with Gasteiger partial charge in [0.05, 0.1) is 11.3 Å². The lowest BCUT2D eigenvalue weighted by Crippen LogP contribution is -2.28. The van der Waals surface area contributed by atoms with Crippen molar-refractivity contribution < 1.29 is 23.1 Å². The number of phenols is 1. The fourth-order valence-corrected chi connectivity index (χ4v) is 1.47. The van der Waals surface area contributed by atoms with Crippen LogP contribution in [0.4, 0.5) is 18.9 Å². The first-order valence-corrected chi connectivity index (χ1v) is 5.61. The molecule has 1 atom stereocenters. The van der Waals surface area contributed by atoms with Crippen molar-refractivity contribution in [3.05, 3.63) is 23.8 Å². The molecule has 0 aromatic heterocycles. The second-order valence-corrected chi connectivity index (χ2v) is 4.18. The van der Waals surface area contributed by atoms with Gasteiger partial charge in [-0.1, -0.05) is 6.92 Å². The molecule has 1 unspecified atom stereocenters. The molecule has 0 aliphatic carbocycles. The molecule has 19 heavy (non-hydrogen) atoms. The van der Waals surface area contributed by atoms with Gasteiger partial charge in [0.25, 0.3) is 0 Å². The summed E-state index contributed by atoms with van der Waals surface area (Å²) in [4.78, 5) is 11.7. The Kier molecular flexibility index (Phi) is 4.77. The van der Waals surface area contributed by atoms with Gasteiger partial charge in [0.1, 0.15) is 5.75 Å². The van der Waals surface area contributed by atoms with Gasteiger partial charge in [0.15, 0.2) is 0 Å². The van der Waals surface area contributed by atoms with E-state index in [9.17, 15) is 23.1 Å². The minimum absolute atomic E-state index is 0.247. The zero-order chi connectivity index (χ0) is 14.6. The lowest BCUT2D eigenvalue weighted by Gasteiger charge is -2.14. The molecule has 0 aliphatic rings. The molecule has 0 heterocycles. The first kappa shape index (κ1) is 15.3. The molecule has 1 amide bonds. The van der Waals surface area contributed by atoms with Gasteiger partial charge in [-0.25, -0.2) is 0 Å². The van der Waals surface area contributed by atoms with Crippen molar-refractivity contribution in [3.63, 3.8) is 0 Å². The molecule has 106 valence electrons. The maximum Gasteiger partial charge on any atom is 0.416 e. The highest BCUT2D eigenvalue weighted by Gasteiger charge is 2.31. The summed E-state index contributed by atoms with van der Waals surface area (Å²) in [7, 11) is 1.66. The molecule has 4 nitrogen and oxygen atoms in total. The van der Waals surface area contributed by atoms with Crippen molar-refractivity contribution in [3.8, 4) is 5.75 Å². The smallest absolute Gasteiger partial charge is 0.416 e. The van der Waals surface area contributed by atoms with Crippen molar-refractivity contribution in [2.75, 3.05) is 18.9 Å². The molecule has 1 rings (SSSR count). The fraction of sp³-hybridized carbons (Fsp3) is 0.417. The van der Waals surface area contributed by atoms with Crippen LogP contribution in [0.25, 0.3) is 0 Å². The van der Waals surface area contributed by atoms with Gasteiger partial charge in [0.2, 0.25) is 5.91 Å². The van der Waals surface area contributed by atoms with Crippen LogP contribution >= 0.6 is 0 Å². The maximum atomic E-state index is 12.5. The van der Waals surface area contributed by atoms with Gasteiger partial charge < -0.3 is 15.7 Å². The van der Waals surface area contributed by atoms with Crippen LogP contribution in [0.5, 0.6) is 5.75 Å². The molecule has 0 spiro atoms. The largest absolute Gasteiger partial charge is 0.506 e. The number of anilines is 1. The first-order valence-electron chi connectivity index (χ1n) is 5.61. The van der Waals surface area contributed by atoms with Gasteiger partial charge in [0, 0.05) is 12.5 Å². The first-order chi connectivity index (χ1) is 8.75. The van der Waals surface area contributed by atoms with Crippen molar-refractivity contribution >= 4 is 11.6 Å². The van der Waals surface area contributed by atoms with E-state index < -0.39 is 29.3 Å². The maximum absolute atomic E-state index is 12.5. The molecule has 1 aromatic carbocycles. The zero-order valence-corrected chi connectivity index (χ0v) is 10.5. The van der Waals surface area contributed by atoms with Gasteiger partial charge in [-0.2, -0.15) is 13.2 Å². The molecular weight excluding hydrogens is 261 g/mol. The third-order valence-corrected chi connectivity index (χ3v) is 2.54. The molecule has 7 heteroatoms. The quantitative estimate of drug-likeness (QED) is 0.739.